The molecule has 116 valence electrons. The minimum absolute atomic E-state index is 0.0579. The summed E-state index contributed by atoms with van der Waals surface area (Å²) in [5.41, 5.74) is 1.55. The Bertz CT molecular complexity index is 493. The number of nitrogens with zero attached hydrogens (tertiary/aromatic N) is 1. The minimum Gasteiger partial charge on any atom is -0.325 e. The van der Waals surface area contributed by atoms with Crippen molar-refractivity contribution in [1.82, 2.24) is 5.43 Å². The molecule has 0 bridgehead atoms. The van der Waals surface area contributed by atoms with Gasteiger partial charge in [0.05, 0.1) is 17.3 Å². The summed E-state index contributed by atoms with van der Waals surface area (Å²) in [5.74, 6) is 5.54. The van der Waals surface area contributed by atoms with Crippen LogP contribution in [0.1, 0.15) is 37.7 Å². The van der Waals surface area contributed by atoms with E-state index in [2.05, 4.69) is 15.7 Å². The quantitative estimate of drug-likeness (QED) is 0.340. The molecule has 4 N–H and O–H groups in total. The predicted octanol–water partition coefficient (Wildman–Crippen LogP) is 3.27. The third-order valence-electron chi connectivity index (χ3n) is 3.51. The average Bonchev–Trinajstić information content (AvgIpc) is 2.47. The largest absolute Gasteiger partial charge is 0.418 e. The van der Waals surface area contributed by atoms with Crippen molar-refractivity contribution in [2.45, 2.75) is 44.3 Å². The number of nitrogens with two attached hydrogens (primary N) is 1. The van der Waals surface area contributed by atoms with Crippen LogP contribution in [0.25, 0.3) is 0 Å². The second-order valence-electron chi connectivity index (χ2n) is 5.08. The highest BCUT2D eigenvalue weighted by Crippen LogP contribution is 2.34. The number of nitrogens with one attached hydrogen (secondary N) is 2. The Morgan fingerprint density at radius 1 is 1.14 bits per heavy atom. The Kier molecular flexibility index (Phi) is 5.06. The van der Waals surface area contributed by atoms with Crippen LogP contribution >= 0.6 is 0 Å². The third-order valence-corrected chi connectivity index (χ3v) is 3.51. The SMILES string of the molecule is NNC(=NC1CCCCC1)Nc1ccccc1C(F)(F)F. The number of para-hydroxylation sites is 1. The van der Waals surface area contributed by atoms with Crippen LogP contribution in [0.2, 0.25) is 0 Å². The van der Waals surface area contributed by atoms with Crippen LogP contribution in [0.4, 0.5) is 18.9 Å². The van der Waals surface area contributed by atoms with Gasteiger partial charge >= 0.3 is 6.18 Å². The second kappa shape index (κ2) is 6.80. The van der Waals surface area contributed by atoms with Gasteiger partial charge in [0.15, 0.2) is 0 Å². The molecule has 0 spiro atoms. The first-order chi connectivity index (χ1) is 10.0. The van der Waals surface area contributed by atoms with Gasteiger partial charge in [-0.3, -0.25) is 5.43 Å². The lowest BCUT2D eigenvalue weighted by atomic mass is 9.96. The van der Waals surface area contributed by atoms with Gasteiger partial charge in [0.25, 0.3) is 0 Å². The molecule has 2 rings (SSSR count). The molecular weight excluding hydrogens is 281 g/mol. The summed E-state index contributed by atoms with van der Waals surface area (Å²) in [4.78, 5) is 4.37. The predicted molar refractivity (Wildman–Crippen MR) is 76.7 cm³/mol. The van der Waals surface area contributed by atoms with Gasteiger partial charge in [-0.2, -0.15) is 13.2 Å². The van der Waals surface area contributed by atoms with Gasteiger partial charge in [-0.05, 0) is 25.0 Å². The fourth-order valence-electron chi connectivity index (χ4n) is 2.47. The van der Waals surface area contributed by atoms with E-state index in [1.54, 1.807) is 0 Å². The Balaban J connectivity index is 2.17. The molecule has 0 saturated heterocycles. The van der Waals surface area contributed by atoms with Crippen LogP contribution in [0, 0.1) is 0 Å². The second-order valence-corrected chi connectivity index (χ2v) is 5.08. The molecule has 0 amide bonds. The summed E-state index contributed by atoms with van der Waals surface area (Å²) < 4.78 is 38.8. The van der Waals surface area contributed by atoms with Crippen molar-refractivity contribution in [2.75, 3.05) is 5.32 Å². The van der Waals surface area contributed by atoms with Crippen molar-refractivity contribution >= 4 is 11.6 Å². The Hall–Kier alpha value is -1.76. The molecule has 1 aliphatic rings. The molecule has 21 heavy (non-hydrogen) atoms. The van der Waals surface area contributed by atoms with Crippen LogP contribution < -0.4 is 16.6 Å². The molecule has 1 aromatic carbocycles. The van der Waals surface area contributed by atoms with E-state index in [0.717, 1.165) is 31.7 Å². The fraction of sp³-hybridized carbons (Fsp3) is 0.500. The maximum atomic E-state index is 12.9. The Labute approximate surface area is 121 Å². The van der Waals surface area contributed by atoms with Gasteiger partial charge in [-0.1, -0.05) is 31.4 Å². The lowest BCUT2D eigenvalue weighted by Gasteiger charge is -2.20. The summed E-state index contributed by atoms with van der Waals surface area (Å²) in [5, 5.41) is 2.65. The zero-order chi connectivity index (χ0) is 15.3. The van der Waals surface area contributed by atoms with E-state index in [-0.39, 0.29) is 17.7 Å². The highest BCUT2D eigenvalue weighted by molar-refractivity contribution is 5.94. The smallest absolute Gasteiger partial charge is 0.325 e. The van der Waals surface area contributed by atoms with Gasteiger partial charge in [0, 0.05) is 0 Å². The van der Waals surface area contributed by atoms with E-state index in [1.807, 2.05) is 0 Å². The number of guanidine groups is 1. The van der Waals surface area contributed by atoms with E-state index in [1.165, 1.54) is 24.6 Å². The van der Waals surface area contributed by atoms with Crippen LogP contribution in [-0.2, 0) is 6.18 Å². The van der Waals surface area contributed by atoms with Crippen LogP contribution in [0.15, 0.2) is 29.3 Å². The van der Waals surface area contributed by atoms with Gasteiger partial charge in [-0.15, -0.1) is 0 Å². The number of hydrogen-bond acceptors (Lipinski definition) is 2. The lowest BCUT2D eigenvalue weighted by molar-refractivity contribution is -0.136. The zero-order valence-electron chi connectivity index (χ0n) is 11.6. The number of rotatable bonds is 2. The molecule has 1 aliphatic carbocycles. The molecule has 0 aliphatic heterocycles. The van der Waals surface area contributed by atoms with Gasteiger partial charge < -0.3 is 5.32 Å². The number of anilines is 1. The summed E-state index contributed by atoms with van der Waals surface area (Å²) in [7, 11) is 0. The summed E-state index contributed by atoms with van der Waals surface area (Å²) in [6.45, 7) is 0. The van der Waals surface area contributed by atoms with Crippen molar-refractivity contribution in [1.29, 1.82) is 0 Å². The van der Waals surface area contributed by atoms with Crippen molar-refractivity contribution in [3.63, 3.8) is 0 Å². The van der Waals surface area contributed by atoms with E-state index in [9.17, 15) is 13.2 Å². The summed E-state index contributed by atoms with van der Waals surface area (Å²) >= 11 is 0. The van der Waals surface area contributed by atoms with E-state index in [0.29, 0.717) is 0 Å². The molecule has 1 aromatic rings. The third kappa shape index (κ3) is 4.35. The van der Waals surface area contributed by atoms with E-state index >= 15 is 0 Å². The maximum Gasteiger partial charge on any atom is 0.418 e. The molecule has 1 fully saturated rings. The number of halogens is 3. The average molecular weight is 300 g/mol. The maximum absolute atomic E-state index is 12.9. The molecule has 1 saturated carbocycles. The highest BCUT2D eigenvalue weighted by atomic mass is 19.4. The van der Waals surface area contributed by atoms with Crippen LogP contribution in [0.3, 0.4) is 0 Å². The standard InChI is InChI=1S/C14H19F3N4/c15-14(16,17)11-8-4-5-9-12(11)20-13(21-18)19-10-6-2-1-3-7-10/h4-5,8-10H,1-3,6-7,18H2,(H2,19,20,21). The molecule has 0 aromatic heterocycles. The number of aliphatic imine (C=N–C) groups is 1. The molecule has 0 heterocycles. The highest BCUT2D eigenvalue weighted by Gasteiger charge is 2.33. The first-order valence-corrected chi connectivity index (χ1v) is 6.98. The minimum atomic E-state index is -4.42. The normalized spacial score (nSPS) is 17.6. The molecule has 0 atom stereocenters. The van der Waals surface area contributed by atoms with Gasteiger partial charge in [-0.25, -0.2) is 10.8 Å². The topological polar surface area (TPSA) is 62.4 Å². The van der Waals surface area contributed by atoms with Crippen molar-refractivity contribution < 1.29 is 13.2 Å². The van der Waals surface area contributed by atoms with Crippen LogP contribution in [-0.4, -0.2) is 12.0 Å². The number of alkyl halides is 3. The zero-order valence-corrected chi connectivity index (χ0v) is 11.6. The summed E-state index contributed by atoms with van der Waals surface area (Å²) in [6, 6.07) is 5.37. The van der Waals surface area contributed by atoms with Crippen molar-refractivity contribution in [3.05, 3.63) is 29.8 Å². The number of hydrogen-bond donors (Lipinski definition) is 3. The molecular formula is C14H19F3N4. The Morgan fingerprint density at radius 2 is 1.81 bits per heavy atom. The van der Waals surface area contributed by atoms with E-state index in [4.69, 9.17) is 5.84 Å². The molecule has 4 nitrogen and oxygen atoms in total. The van der Waals surface area contributed by atoms with Gasteiger partial charge in [0.2, 0.25) is 5.96 Å². The number of hydrazine groups is 1. The van der Waals surface area contributed by atoms with Crippen LogP contribution in [0.5, 0.6) is 0 Å². The first-order valence-electron chi connectivity index (χ1n) is 6.98. The monoisotopic (exact) mass is 300 g/mol. The molecule has 0 radical (unpaired) electrons. The van der Waals surface area contributed by atoms with Gasteiger partial charge in [0.1, 0.15) is 0 Å². The van der Waals surface area contributed by atoms with E-state index < -0.39 is 11.7 Å². The fourth-order valence-corrected chi connectivity index (χ4v) is 2.47. The lowest BCUT2D eigenvalue weighted by Crippen LogP contribution is -2.38. The molecule has 0 unspecified atom stereocenters. The van der Waals surface area contributed by atoms with Crippen molar-refractivity contribution in [3.8, 4) is 0 Å². The molecule has 7 heteroatoms. The summed E-state index contributed by atoms with van der Waals surface area (Å²) in [6.07, 6.45) is 0.813. The number of benzene rings is 1. The Morgan fingerprint density at radius 3 is 2.43 bits per heavy atom. The first kappa shape index (κ1) is 15.6. The van der Waals surface area contributed by atoms with Crippen molar-refractivity contribution in [2.24, 2.45) is 10.8 Å².